The van der Waals surface area contributed by atoms with Gasteiger partial charge in [0, 0.05) is 9.72 Å². The van der Waals surface area contributed by atoms with Crippen molar-refractivity contribution in [2.75, 3.05) is 0 Å². The van der Waals surface area contributed by atoms with Gasteiger partial charge in [0.1, 0.15) is 5.38 Å². The number of hydrogen-bond acceptors (Lipinski definition) is 2. The Bertz CT molecular complexity index is 808. The van der Waals surface area contributed by atoms with Crippen molar-refractivity contribution in [3.8, 4) is 0 Å². The standard InChI is InChI=1S/C17H12Cl2OS/c1-10-13-9-12(18)7-8-14(13)21-17(10)16(20)15(19)11-5-3-2-4-6-11/h2-9,15H,1H3. The molecule has 0 aliphatic heterocycles. The third kappa shape index (κ3) is 2.71. The summed E-state index contributed by atoms with van der Waals surface area (Å²) in [6, 6.07) is 15.1. The Balaban J connectivity index is 2.04. The third-order valence-corrected chi connectivity index (χ3v) is 5.42. The first kappa shape index (κ1) is 14.6. The number of Topliss-reactive ketones (excluding diaryl/α,β-unsaturated/α-hetero) is 1. The number of benzene rings is 2. The maximum absolute atomic E-state index is 12.7. The summed E-state index contributed by atoms with van der Waals surface area (Å²) in [6.45, 7) is 1.94. The molecule has 0 fully saturated rings. The van der Waals surface area contributed by atoms with Crippen molar-refractivity contribution < 1.29 is 4.79 Å². The zero-order valence-electron chi connectivity index (χ0n) is 11.3. The van der Waals surface area contributed by atoms with Gasteiger partial charge in [0.25, 0.3) is 0 Å². The quantitative estimate of drug-likeness (QED) is 0.422. The number of aryl methyl sites for hydroxylation is 1. The van der Waals surface area contributed by atoms with E-state index >= 15 is 0 Å². The van der Waals surface area contributed by atoms with Crippen LogP contribution in [0.3, 0.4) is 0 Å². The molecule has 0 saturated heterocycles. The number of ketones is 1. The Hall–Kier alpha value is -1.35. The molecule has 21 heavy (non-hydrogen) atoms. The fourth-order valence-corrected chi connectivity index (χ4v) is 3.97. The maximum Gasteiger partial charge on any atom is 0.195 e. The third-order valence-electron chi connectivity index (χ3n) is 3.44. The maximum atomic E-state index is 12.7. The highest BCUT2D eigenvalue weighted by Crippen LogP contribution is 2.36. The SMILES string of the molecule is Cc1c(C(=O)C(Cl)c2ccccc2)sc2ccc(Cl)cc12. The van der Waals surface area contributed by atoms with E-state index in [9.17, 15) is 4.79 Å². The van der Waals surface area contributed by atoms with Crippen LogP contribution in [0.5, 0.6) is 0 Å². The molecule has 4 heteroatoms. The van der Waals surface area contributed by atoms with E-state index < -0.39 is 5.38 Å². The van der Waals surface area contributed by atoms with Gasteiger partial charge in [0.15, 0.2) is 5.78 Å². The van der Waals surface area contributed by atoms with Gasteiger partial charge in [-0.05, 0) is 41.6 Å². The van der Waals surface area contributed by atoms with Crippen molar-refractivity contribution in [3.05, 3.63) is 69.6 Å². The molecule has 106 valence electrons. The van der Waals surface area contributed by atoms with Gasteiger partial charge in [-0.25, -0.2) is 0 Å². The Morgan fingerprint density at radius 3 is 2.57 bits per heavy atom. The minimum Gasteiger partial charge on any atom is -0.291 e. The molecule has 3 aromatic rings. The second-order valence-corrected chi connectivity index (χ2v) is 6.76. The molecule has 0 radical (unpaired) electrons. The molecule has 1 aromatic heterocycles. The van der Waals surface area contributed by atoms with E-state index in [0.29, 0.717) is 9.90 Å². The number of carbonyl (C=O) groups excluding carboxylic acids is 1. The predicted octanol–water partition coefficient (Wildman–Crippen LogP) is 6.03. The van der Waals surface area contributed by atoms with E-state index in [0.717, 1.165) is 21.2 Å². The lowest BCUT2D eigenvalue weighted by Crippen LogP contribution is -2.06. The van der Waals surface area contributed by atoms with Crippen molar-refractivity contribution in [2.45, 2.75) is 12.3 Å². The van der Waals surface area contributed by atoms with Crippen LogP contribution in [-0.4, -0.2) is 5.78 Å². The average Bonchev–Trinajstić information content (AvgIpc) is 2.83. The number of fused-ring (bicyclic) bond motifs is 1. The van der Waals surface area contributed by atoms with E-state index in [1.807, 2.05) is 55.5 Å². The van der Waals surface area contributed by atoms with Gasteiger partial charge in [0.05, 0.1) is 4.88 Å². The van der Waals surface area contributed by atoms with Gasteiger partial charge >= 0.3 is 0 Å². The van der Waals surface area contributed by atoms with E-state index in [4.69, 9.17) is 23.2 Å². The topological polar surface area (TPSA) is 17.1 Å². The molecule has 0 aliphatic carbocycles. The molecule has 0 aliphatic rings. The second kappa shape index (κ2) is 5.80. The van der Waals surface area contributed by atoms with Crippen LogP contribution in [0.1, 0.15) is 26.2 Å². The molecular formula is C17H12Cl2OS. The van der Waals surface area contributed by atoms with Crippen molar-refractivity contribution in [1.29, 1.82) is 0 Å². The summed E-state index contributed by atoms with van der Waals surface area (Å²) in [5.41, 5.74) is 1.77. The summed E-state index contributed by atoms with van der Waals surface area (Å²) >= 11 is 13.9. The van der Waals surface area contributed by atoms with Crippen molar-refractivity contribution >= 4 is 50.4 Å². The molecule has 0 bridgehead atoms. The zero-order valence-corrected chi connectivity index (χ0v) is 13.6. The highest BCUT2D eigenvalue weighted by Gasteiger charge is 2.23. The van der Waals surface area contributed by atoms with Crippen LogP contribution in [0.2, 0.25) is 5.02 Å². The van der Waals surface area contributed by atoms with Crippen LogP contribution in [-0.2, 0) is 0 Å². The zero-order chi connectivity index (χ0) is 15.0. The summed E-state index contributed by atoms with van der Waals surface area (Å²) in [5.74, 6) is -0.0577. The summed E-state index contributed by atoms with van der Waals surface area (Å²) < 4.78 is 1.05. The Morgan fingerprint density at radius 1 is 1.14 bits per heavy atom. The first-order chi connectivity index (χ1) is 10.1. The minimum absolute atomic E-state index is 0.0577. The van der Waals surface area contributed by atoms with Crippen LogP contribution in [0.15, 0.2) is 48.5 Å². The van der Waals surface area contributed by atoms with Gasteiger partial charge in [-0.15, -0.1) is 22.9 Å². The van der Waals surface area contributed by atoms with Crippen LogP contribution in [0.25, 0.3) is 10.1 Å². The first-order valence-electron chi connectivity index (χ1n) is 6.50. The highest BCUT2D eigenvalue weighted by molar-refractivity contribution is 7.21. The van der Waals surface area contributed by atoms with Crippen LogP contribution in [0.4, 0.5) is 0 Å². The fraction of sp³-hybridized carbons (Fsp3) is 0.118. The Labute approximate surface area is 137 Å². The monoisotopic (exact) mass is 334 g/mol. The Morgan fingerprint density at radius 2 is 1.86 bits per heavy atom. The molecule has 1 unspecified atom stereocenters. The van der Waals surface area contributed by atoms with Gasteiger partial charge < -0.3 is 0 Å². The van der Waals surface area contributed by atoms with Crippen molar-refractivity contribution in [3.63, 3.8) is 0 Å². The molecule has 2 aromatic carbocycles. The van der Waals surface area contributed by atoms with Crippen molar-refractivity contribution in [1.82, 2.24) is 0 Å². The lowest BCUT2D eigenvalue weighted by Gasteiger charge is -2.08. The fourth-order valence-electron chi connectivity index (χ4n) is 2.32. The lowest BCUT2D eigenvalue weighted by atomic mass is 10.0. The lowest BCUT2D eigenvalue weighted by molar-refractivity contribution is 0.0990. The van der Waals surface area contributed by atoms with Crippen LogP contribution >= 0.6 is 34.5 Å². The van der Waals surface area contributed by atoms with Gasteiger partial charge in [-0.3, -0.25) is 4.79 Å². The molecule has 1 atom stereocenters. The number of alkyl halides is 1. The summed E-state index contributed by atoms with van der Waals surface area (Å²) in [7, 11) is 0. The predicted molar refractivity (Wildman–Crippen MR) is 90.9 cm³/mol. The normalized spacial score (nSPS) is 12.5. The molecular weight excluding hydrogens is 323 g/mol. The molecule has 0 N–H and O–H groups in total. The summed E-state index contributed by atoms with van der Waals surface area (Å²) in [5, 5.41) is 1.04. The molecule has 0 spiro atoms. The molecule has 3 rings (SSSR count). The highest BCUT2D eigenvalue weighted by atomic mass is 35.5. The number of carbonyl (C=O) groups is 1. The minimum atomic E-state index is -0.659. The Kier molecular flexibility index (Phi) is 4.03. The van der Waals surface area contributed by atoms with E-state index in [1.165, 1.54) is 11.3 Å². The van der Waals surface area contributed by atoms with Crippen LogP contribution in [0, 0.1) is 6.92 Å². The van der Waals surface area contributed by atoms with Gasteiger partial charge in [0.2, 0.25) is 0 Å². The summed E-state index contributed by atoms with van der Waals surface area (Å²) in [6.07, 6.45) is 0. The van der Waals surface area contributed by atoms with Crippen LogP contribution < -0.4 is 0 Å². The second-order valence-electron chi connectivity index (χ2n) is 4.83. The average molecular weight is 335 g/mol. The molecule has 0 amide bonds. The number of rotatable bonds is 3. The van der Waals surface area contributed by atoms with E-state index in [-0.39, 0.29) is 5.78 Å². The number of thiophene rings is 1. The molecule has 1 heterocycles. The smallest absolute Gasteiger partial charge is 0.195 e. The number of hydrogen-bond donors (Lipinski definition) is 0. The largest absolute Gasteiger partial charge is 0.291 e. The molecule has 1 nitrogen and oxygen atoms in total. The van der Waals surface area contributed by atoms with E-state index in [1.54, 1.807) is 0 Å². The van der Waals surface area contributed by atoms with Gasteiger partial charge in [-0.2, -0.15) is 0 Å². The molecule has 0 saturated carbocycles. The van der Waals surface area contributed by atoms with E-state index in [2.05, 4.69) is 0 Å². The number of halogens is 2. The first-order valence-corrected chi connectivity index (χ1v) is 8.13. The summed E-state index contributed by atoms with van der Waals surface area (Å²) in [4.78, 5) is 13.4. The van der Waals surface area contributed by atoms with Gasteiger partial charge in [-0.1, -0.05) is 41.9 Å². The van der Waals surface area contributed by atoms with Crippen molar-refractivity contribution in [2.24, 2.45) is 0 Å².